The molecule has 44 heavy (non-hydrogen) atoms. The van der Waals surface area contributed by atoms with Crippen LogP contribution >= 0.6 is 0 Å². The predicted molar refractivity (Wildman–Crippen MR) is 145 cm³/mol. The zero-order valence-electron chi connectivity index (χ0n) is 23.0. The second-order valence-corrected chi connectivity index (χ2v) is 8.82. The zero-order chi connectivity index (χ0) is 30.5. The summed E-state index contributed by atoms with van der Waals surface area (Å²) in [6.45, 7) is 3.18. The lowest BCUT2D eigenvalue weighted by molar-refractivity contribution is -0.671. The molecule has 0 aliphatic rings. The maximum absolute atomic E-state index is 13.9. The molecular formula is C26H23ClF2N12O3. The van der Waals surface area contributed by atoms with Crippen LogP contribution in [-0.2, 0) is 18.4 Å². The number of carbonyl (C=O) groups excluding carboxylic acids is 1. The van der Waals surface area contributed by atoms with Gasteiger partial charge in [-0.3, -0.25) is 4.79 Å². The molecule has 0 saturated carbocycles. The van der Waals surface area contributed by atoms with Gasteiger partial charge in [-0.15, -0.1) is 10.2 Å². The highest BCUT2D eigenvalue weighted by Gasteiger charge is 2.23. The van der Waals surface area contributed by atoms with Crippen LogP contribution in [0.15, 0.2) is 74.4 Å². The Labute approximate surface area is 252 Å². The van der Waals surface area contributed by atoms with E-state index in [0.717, 1.165) is 18.9 Å². The van der Waals surface area contributed by atoms with Crippen LogP contribution in [0.3, 0.4) is 0 Å². The number of aryl methyl sites for hydroxylation is 2. The van der Waals surface area contributed by atoms with Gasteiger partial charge in [0.2, 0.25) is 6.33 Å². The van der Waals surface area contributed by atoms with Crippen molar-refractivity contribution in [2.24, 2.45) is 7.05 Å². The molecule has 0 aliphatic carbocycles. The Morgan fingerprint density at radius 3 is 2.11 bits per heavy atom. The summed E-state index contributed by atoms with van der Waals surface area (Å²) < 4.78 is 34.1. The number of H-pyrrole nitrogens is 2. The predicted octanol–water partition coefficient (Wildman–Crippen LogP) is -0.831. The van der Waals surface area contributed by atoms with Crippen LogP contribution in [0.2, 0.25) is 0 Å². The third kappa shape index (κ3) is 6.31. The van der Waals surface area contributed by atoms with E-state index in [9.17, 15) is 18.4 Å². The number of aromatic amines is 2. The van der Waals surface area contributed by atoms with E-state index in [1.807, 2.05) is 17.8 Å². The lowest BCUT2D eigenvalue weighted by Gasteiger charge is -2.02. The third-order valence-electron chi connectivity index (χ3n) is 6.08. The molecule has 3 N–H and O–H groups in total. The Morgan fingerprint density at radius 2 is 1.59 bits per heavy atom. The largest absolute Gasteiger partial charge is 1.00 e. The highest BCUT2D eigenvalue weighted by Crippen LogP contribution is 2.25. The van der Waals surface area contributed by atoms with Crippen molar-refractivity contribution in [3.05, 3.63) is 91.6 Å². The number of fused-ring (bicyclic) bond motifs is 2. The standard InChI is InChI=1S/C11H6FN5O3.C9H6FN5.C6H11N2.ClH/c12-6-4-14-10(17-2-1-15-16-17)8-7(6)5(3-13-8)9(18)11(19)20;10-7-5-12-9(15-4-3-13-14-15)8-6(7)1-2-11-8;1-3-8-5-4-7(2)6-8;/h1-4,13H,(H,19,20);1-5,11H;4-6H,3H2,1-2H3;1H/q;;+1;/p-1. The first-order valence-electron chi connectivity index (χ1n) is 12.6. The summed E-state index contributed by atoms with van der Waals surface area (Å²) in [7, 11) is 2.02. The zero-order valence-corrected chi connectivity index (χ0v) is 23.8. The number of ketones is 1. The van der Waals surface area contributed by atoms with E-state index in [-0.39, 0.29) is 40.5 Å². The van der Waals surface area contributed by atoms with E-state index in [1.54, 1.807) is 24.7 Å². The van der Waals surface area contributed by atoms with Crippen molar-refractivity contribution in [1.82, 2.24) is 54.5 Å². The summed E-state index contributed by atoms with van der Waals surface area (Å²) in [5, 5.41) is 23.9. The number of aromatic nitrogens is 12. The number of rotatable bonds is 5. The van der Waals surface area contributed by atoms with Crippen molar-refractivity contribution in [2.45, 2.75) is 13.5 Å². The minimum atomic E-state index is -1.66. The molecule has 7 aromatic rings. The second kappa shape index (κ2) is 13.4. The number of aliphatic carboxylic acids is 1. The third-order valence-corrected chi connectivity index (χ3v) is 6.08. The van der Waals surface area contributed by atoms with Crippen LogP contribution in [-0.4, -0.2) is 71.3 Å². The van der Waals surface area contributed by atoms with Crippen molar-refractivity contribution in [1.29, 1.82) is 0 Å². The minimum Gasteiger partial charge on any atom is -1.00 e. The summed E-state index contributed by atoms with van der Waals surface area (Å²) in [4.78, 5) is 35.7. The molecule has 15 nitrogen and oxygen atoms in total. The molecule has 0 spiro atoms. The van der Waals surface area contributed by atoms with Gasteiger partial charge >= 0.3 is 5.97 Å². The maximum Gasteiger partial charge on any atom is 0.377 e. The van der Waals surface area contributed by atoms with Gasteiger partial charge in [0.15, 0.2) is 23.3 Å². The number of pyridine rings is 2. The lowest BCUT2D eigenvalue weighted by atomic mass is 10.1. The summed E-state index contributed by atoms with van der Waals surface area (Å²) in [5.74, 6) is -3.27. The number of Topliss-reactive ketones (excluding diaryl/α,β-unsaturated/α-hetero) is 1. The average Bonchev–Trinajstić information content (AvgIpc) is 3.84. The van der Waals surface area contributed by atoms with Crippen molar-refractivity contribution >= 4 is 33.6 Å². The lowest BCUT2D eigenvalue weighted by Crippen LogP contribution is -3.00. The molecular weight excluding hydrogens is 602 g/mol. The van der Waals surface area contributed by atoms with E-state index >= 15 is 0 Å². The van der Waals surface area contributed by atoms with Crippen LogP contribution in [0.25, 0.3) is 33.4 Å². The van der Waals surface area contributed by atoms with Gasteiger partial charge in [-0.2, -0.15) is 0 Å². The number of nitrogens with zero attached hydrogens (tertiary/aromatic N) is 10. The van der Waals surface area contributed by atoms with Gasteiger partial charge in [-0.1, -0.05) is 10.4 Å². The van der Waals surface area contributed by atoms with Crippen LogP contribution in [0, 0.1) is 11.6 Å². The molecule has 7 aromatic heterocycles. The van der Waals surface area contributed by atoms with E-state index in [0.29, 0.717) is 16.7 Å². The first-order chi connectivity index (χ1) is 20.8. The second-order valence-electron chi connectivity index (χ2n) is 8.82. The Balaban J connectivity index is 0.000000162. The fourth-order valence-corrected chi connectivity index (χ4v) is 4.07. The first-order valence-corrected chi connectivity index (χ1v) is 12.6. The van der Waals surface area contributed by atoms with Crippen LogP contribution in [0.5, 0.6) is 0 Å². The molecule has 7 rings (SSSR count). The Kier molecular flexibility index (Phi) is 9.49. The average molecular weight is 625 g/mol. The fourth-order valence-electron chi connectivity index (χ4n) is 4.07. The molecule has 0 atom stereocenters. The number of carboxylic acid groups (broad SMARTS) is 1. The van der Waals surface area contributed by atoms with Crippen LogP contribution in [0.1, 0.15) is 17.3 Å². The minimum absolute atomic E-state index is 0. The summed E-state index contributed by atoms with van der Waals surface area (Å²) in [6.07, 6.45) is 17.1. The van der Waals surface area contributed by atoms with E-state index in [1.165, 1.54) is 28.0 Å². The number of hydrogen-bond acceptors (Lipinski definition) is 8. The molecule has 0 radical (unpaired) electrons. The van der Waals surface area contributed by atoms with Crippen LogP contribution in [0.4, 0.5) is 8.78 Å². The number of nitrogens with one attached hydrogen (secondary N) is 2. The maximum atomic E-state index is 13.9. The van der Waals surface area contributed by atoms with Gasteiger partial charge < -0.3 is 27.5 Å². The smallest absolute Gasteiger partial charge is 0.377 e. The number of halogens is 3. The molecule has 0 unspecified atom stereocenters. The molecule has 7 heterocycles. The Hall–Kier alpha value is -5.84. The molecule has 0 bridgehead atoms. The number of hydrogen-bond donors (Lipinski definition) is 3. The summed E-state index contributed by atoms with van der Waals surface area (Å²) in [5.41, 5.74) is 0.509. The highest BCUT2D eigenvalue weighted by molar-refractivity contribution is 6.42. The van der Waals surface area contributed by atoms with Gasteiger partial charge in [0, 0.05) is 17.8 Å². The topological polar surface area (TPSA) is 182 Å². The van der Waals surface area contributed by atoms with Crippen molar-refractivity contribution in [3.8, 4) is 11.6 Å². The number of carbonyl (C=O) groups is 2. The number of carboxylic acids is 1. The molecule has 0 aliphatic heterocycles. The van der Waals surface area contributed by atoms with Gasteiger partial charge in [0.05, 0.1) is 72.8 Å². The Bertz CT molecular complexity index is 2020. The molecule has 0 saturated heterocycles. The van der Waals surface area contributed by atoms with E-state index < -0.39 is 17.6 Å². The normalized spacial score (nSPS) is 10.5. The monoisotopic (exact) mass is 624 g/mol. The molecule has 18 heteroatoms. The van der Waals surface area contributed by atoms with Crippen molar-refractivity contribution in [3.63, 3.8) is 0 Å². The summed E-state index contributed by atoms with van der Waals surface area (Å²) in [6, 6.07) is 1.66. The van der Waals surface area contributed by atoms with E-state index in [4.69, 9.17) is 5.11 Å². The SMILES string of the molecule is CCn1cc[n+](C)c1.Fc1cnc(-n2ccnn2)c2[nH]ccc12.O=C(O)C(=O)c1c[nH]c2c(-n3ccnn3)ncc(F)c12.[Cl-]. The highest BCUT2D eigenvalue weighted by atomic mass is 35.5. The fraction of sp³-hybridized carbons (Fsp3) is 0.115. The molecule has 0 aromatic carbocycles. The van der Waals surface area contributed by atoms with Gasteiger partial charge in [0.25, 0.3) is 5.78 Å². The molecule has 226 valence electrons. The first kappa shape index (κ1) is 31.1. The molecule has 0 fully saturated rings. The molecule has 0 amide bonds. The quantitative estimate of drug-likeness (QED) is 0.125. The van der Waals surface area contributed by atoms with Crippen molar-refractivity contribution in [2.75, 3.05) is 0 Å². The van der Waals surface area contributed by atoms with Crippen molar-refractivity contribution < 1.29 is 40.5 Å². The van der Waals surface area contributed by atoms with Gasteiger partial charge in [-0.05, 0) is 13.0 Å². The van der Waals surface area contributed by atoms with E-state index in [2.05, 4.69) is 64.6 Å². The van der Waals surface area contributed by atoms with Crippen LogP contribution < -0.4 is 17.0 Å². The van der Waals surface area contributed by atoms with Gasteiger partial charge in [0.1, 0.15) is 12.4 Å². The van der Waals surface area contributed by atoms with Gasteiger partial charge in [-0.25, -0.2) is 42.0 Å². The Morgan fingerprint density at radius 1 is 0.955 bits per heavy atom. The number of imidazole rings is 1. The summed E-state index contributed by atoms with van der Waals surface area (Å²) >= 11 is 0.